The molecule has 2 heterocycles. The third kappa shape index (κ3) is 4.91. The molecule has 5 aromatic rings. The molecule has 11 heteroatoms. The number of nitrogens with one attached hydrogen (secondary N) is 1. The first-order valence-electron chi connectivity index (χ1n) is 13.9. The average molecular weight is 596 g/mol. The Hall–Kier alpha value is -5.03. The molecule has 1 aliphatic heterocycles. The van der Waals surface area contributed by atoms with Crippen LogP contribution in [0.5, 0.6) is 0 Å². The number of benzene rings is 4. The zero-order chi connectivity index (χ0) is 30.3. The van der Waals surface area contributed by atoms with E-state index in [1.54, 1.807) is 50.2 Å². The number of sulfonamides is 1. The second-order valence-electron chi connectivity index (χ2n) is 10.3. The molecule has 0 saturated heterocycles. The lowest BCUT2D eigenvalue weighted by molar-refractivity contribution is -0.141. The largest absolute Gasteiger partial charge is 0.343 e. The summed E-state index contributed by atoms with van der Waals surface area (Å²) < 4.78 is 30.8. The van der Waals surface area contributed by atoms with E-state index in [-0.39, 0.29) is 11.3 Å². The summed E-state index contributed by atoms with van der Waals surface area (Å²) in [6.07, 6.45) is 0.616. The van der Waals surface area contributed by atoms with Crippen molar-refractivity contribution in [1.29, 1.82) is 0 Å². The molecule has 1 aromatic heterocycles. The first-order chi connectivity index (χ1) is 20.7. The fraction of sp³-hybridized carbons (Fsp3) is 0.188. The number of imidazole rings is 1. The summed E-state index contributed by atoms with van der Waals surface area (Å²) in [7, 11) is -4.28. The maximum absolute atomic E-state index is 13.8. The van der Waals surface area contributed by atoms with Gasteiger partial charge >= 0.3 is 0 Å². The van der Waals surface area contributed by atoms with Crippen LogP contribution in [0.4, 0.5) is 11.6 Å². The number of hydrogen-bond donors (Lipinski definition) is 1. The second kappa shape index (κ2) is 11.0. The van der Waals surface area contributed by atoms with E-state index in [1.807, 2.05) is 41.0 Å². The van der Waals surface area contributed by atoms with Gasteiger partial charge in [-0.25, -0.2) is 18.1 Å². The van der Waals surface area contributed by atoms with Gasteiger partial charge in [-0.1, -0.05) is 48.5 Å². The molecule has 1 unspecified atom stereocenters. The Balaban J connectivity index is 1.39. The van der Waals surface area contributed by atoms with E-state index < -0.39 is 27.8 Å². The Labute approximate surface area is 248 Å². The molecule has 0 spiro atoms. The number of amides is 3. The number of rotatable bonds is 9. The number of aromatic nitrogens is 2. The van der Waals surface area contributed by atoms with Gasteiger partial charge in [-0.2, -0.15) is 0 Å². The molecule has 43 heavy (non-hydrogen) atoms. The first kappa shape index (κ1) is 28.1. The van der Waals surface area contributed by atoms with Gasteiger partial charge in [-0.05, 0) is 73.0 Å². The van der Waals surface area contributed by atoms with Gasteiger partial charge in [0.15, 0.2) is 0 Å². The predicted octanol–water partition coefficient (Wildman–Crippen LogP) is 4.32. The highest BCUT2D eigenvalue weighted by Gasteiger charge is 2.35. The number of nitrogens with zero attached hydrogens (tertiary/aromatic N) is 4. The van der Waals surface area contributed by atoms with E-state index in [0.717, 1.165) is 10.9 Å². The lowest BCUT2D eigenvalue weighted by atomic mass is 9.95. The predicted molar refractivity (Wildman–Crippen MR) is 164 cm³/mol. The zero-order valence-electron chi connectivity index (χ0n) is 23.6. The highest BCUT2D eigenvalue weighted by Crippen LogP contribution is 2.39. The molecule has 3 amide bonds. The van der Waals surface area contributed by atoms with Gasteiger partial charge in [-0.15, -0.1) is 0 Å². The van der Waals surface area contributed by atoms with Crippen LogP contribution in [-0.2, 0) is 30.8 Å². The highest BCUT2D eigenvalue weighted by molar-refractivity contribution is 7.90. The summed E-state index contributed by atoms with van der Waals surface area (Å²) in [4.78, 5) is 47.0. The number of anilines is 2. The summed E-state index contributed by atoms with van der Waals surface area (Å²) in [5.41, 5.74) is 3.29. The minimum Gasteiger partial charge on any atom is -0.343 e. The molecule has 0 aliphatic carbocycles. The van der Waals surface area contributed by atoms with Crippen molar-refractivity contribution in [1.82, 2.24) is 19.2 Å². The van der Waals surface area contributed by atoms with Crippen LogP contribution < -0.4 is 9.62 Å². The molecule has 6 rings (SSSR count). The van der Waals surface area contributed by atoms with Crippen LogP contribution in [0.15, 0.2) is 89.8 Å². The van der Waals surface area contributed by atoms with Crippen LogP contribution in [0.3, 0.4) is 0 Å². The van der Waals surface area contributed by atoms with Crippen molar-refractivity contribution in [3.05, 3.63) is 90.5 Å². The SMILES string of the molecule is CCN(CC)C(=O)C(Cc1ccc2cc1-n1c(nc3ccccc31)N2C=O)C(=O)NS(=O)(=O)c1ccc2ccccc2c1. The van der Waals surface area contributed by atoms with E-state index in [0.29, 0.717) is 53.3 Å². The molecule has 2 bridgehead atoms. The Kier molecular flexibility index (Phi) is 7.18. The van der Waals surface area contributed by atoms with Crippen molar-refractivity contribution in [3.8, 4) is 5.69 Å². The molecule has 0 saturated carbocycles. The minimum absolute atomic E-state index is 0.0724. The summed E-state index contributed by atoms with van der Waals surface area (Å²) in [5.74, 6) is -2.34. The maximum atomic E-state index is 13.8. The zero-order valence-corrected chi connectivity index (χ0v) is 24.4. The monoisotopic (exact) mass is 595 g/mol. The third-order valence-electron chi connectivity index (χ3n) is 7.83. The Bertz CT molecular complexity index is 2020. The lowest BCUT2D eigenvalue weighted by Crippen LogP contribution is -2.46. The number of para-hydroxylation sites is 2. The summed E-state index contributed by atoms with van der Waals surface area (Å²) in [5, 5.41) is 1.57. The van der Waals surface area contributed by atoms with Crippen LogP contribution in [0, 0.1) is 5.92 Å². The van der Waals surface area contributed by atoms with Crippen LogP contribution in [-0.4, -0.2) is 54.2 Å². The van der Waals surface area contributed by atoms with Crippen molar-refractivity contribution in [2.75, 3.05) is 18.0 Å². The summed E-state index contributed by atoms with van der Waals surface area (Å²) >= 11 is 0. The number of carbonyl (C=O) groups is 3. The molecule has 1 aliphatic rings. The normalized spacial score (nSPS) is 13.0. The van der Waals surface area contributed by atoms with Gasteiger partial charge in [0.25, 0.3) is 10.0 Å². The number of carbonyl (C=O) groups excluding carboxylic acids is 3. The molecule has 1 atom stereocenters. The third-order valence-corrected chi connectivity index (χ3v) is 9.18. The summed E-state index contributed by atoms with van der Waals surface area (Å²) in [6.45, 7) is 4.32. The van der Waals surface area contributed by atoms with Crippen molar-refractivity contribution in [2.24, 2.45) is 5.92 Å². The van der Waals surface area contributed by atoms with Gasteiger partial charge in [0.05, 0.1) is 27.3 Å². The quantitative estimate of drug-likeness (QED) is 0.200. The van der Waals surface area contributed by atoms with E-state index in [2.05, 4.69) is 9.71 Å². The fourth-order valence-corrected chi connectivity index (χ4v) is 6.64. The number of fused-ring (bicyclic) bond motifs is 7. The van der Waals surface area contributed by atoms with Crippen molar-refractivity contribution < 1.29 is 22.8 Å². The standard InChI is InChI=1S/C32H29N5O5S/c1-3-35(4-2)31(40)26(30(39)34-43(41,42)25-16-14-21-9-5-6-10-22(21)17-25)18-23-13-15-24-19-29(23)37-28-12-8-7-11-27(28)33-32(37)36(24)20-38/h5-17,19-20,26H,3-4,18H2,1-2H3,(H,34,39). The van der Waals surface area contributed by atoms with Crippen molar-refractivity contribution >= 4 is 61.7 Å². The highest BCUT2D eigenvalue weighted by atomic mass is 32.2. The molecule has 0 radical (unpaired) electrons. The molecule has 4 aromatic carbocycles. The van der Waals surface area contributed by atoms with E-state index in [4.69, 9.17) is 0 Å². The van der Waals surface area contributed by atoms with Gasteiger partial charge in [0.1, 0.15) is 5.92 Å². The molecule has 218 valence electrons. The first-order valence-corrected chi connectivity index (χ1v) is 15.4. The fourth-order valence-electron chi connectivity index (χ4n) is 5.58. The van der Waals surface area contributed by atoms with Gasteiger partial charge in [-0.3, -0.25) is 23.9 Å². The lowest BCUT2D eigenvalue weighted by Gasteiger charge is -2.28. The Morgan fingerprint density at radius 1 is 0.930 bits per heavy atom. The van der Waals surface area contributed by atoms with Crippen molar-refractivity contribution in [2.45, 2.75) is 25.2 Å². The average Bonchev–Trinajstić information content (AvgIpc) is 3.40. The van der Waals surface area contributed by atoms with Gasteiger partial charge in [0, 0.05) is 13.1 Å². The van der Waals surface area contributed by atoms with Crippen molar-refractivity contribution in [3.63, 3.8) is 0 Å². The van der Waals surface area contributed by atoms with E-state index in [9.17, 15) is 22.8 Å². The van der Waals surface area contributed by atoms with Crippen LogP contribution >= 0.6 is 0 Å². The van der Waals surface area contributed by atoms with Gasteiger partial charge < -0.3 is 4.90 Å². The topological polar surface area (TPSA) is 122 Å². The second-order valence-corrected chi connectivity index (χ2v) is 12.0. The van der Waals surface area contributed by atoms with Crippen LogP contribution in [0.1, 0.15) is 19.4 Å². The van der Waals surface area contributed by atoms with E-state index >= 15 is 0 Å². The molecular formula is C32H29N5O5S. The Morgan fingerprint density at radius 2 is 1.65 bits per heavy atom. The van der Waals surface area contributed by atoms with Gasteiger partial charge in [0.2, 0.25) is 24.2 Å². The minimum atomic E-state index is -4.28. The molecule has 0 fully saturated rings. The maximum Gasteiger partial charge on any atom is 0.264 e. The number of hydrogen-bond acceptors (Lipinski definition) is 6. The Morgan fingerprint density at radius 3 is 2.40 bits per heavy atom. The molecular weight excluding hydrogens is 566 g/mol. The molecule has 10 nitrogen and oxygen atoms in total. The van der Waals surface area contributed by atoms with Crippen LogP contribution in [0.2, 0.25) is 0 Å². The van der Waals surface area contributed by atoms with E-state index in [1.165, 1.54) is 21.9 Å². The summed E-state index contributed by atoms with van der Waals surface area (Å²) in [6, 6.07) is 24.6. The van der Waals surface area contributed by atoms with Crippen LogP contribution in [0.25, 0.3) is 27.5 Å². The molecule has 1 N–H and O–H groups in total. The smallest absolute Gasteiger partial charge is 0.264 e.